The number of carboxylic acid groups (broad SMARTS) is 1. The summed E-state index contributed by atoms with van der Waals surface area (Å²) in [4.78, 5) is 43.5. The number of β-lactam (4-membered cyclic amide) rings is 1. The number of nitrogens with two attached hydrogens (primary N) is 1. The van der Waals surface area contributed by atoms with Crippen molar-refractivity contribution in [3.63, 3.8) is 0 Å². The third-order valence-corrected chi connectivity index (χ3v) is 8.84. The molecule has 3 unspecified atom stereocenters. The first-order valence-electron chi connectivity index (χ1n) is 8.76. The van der Waals surface area contributed by atoms with Crippen LogP contribution in [-0.4, -0.2) is 76.0 Å². The molecule has 0 radical (unpaired) electrons. The van der Waals surface area contributed by atoms with Crippen LogP contribution in [0.25, 0.3) is 0 Å². The lowest BCUT2D eigenvalue weighted by Crippen LogP contribution is -2.70. The zero-order valence-corrected chi connectivity index (χ0v) is 18.3. The molecular weight excluding hydrogens is 452 g/mol. The molecular formula is C15H18N8O4S3. The molecule has 160 valence electrons. The van der Waals surface area contributed by atoms with Crippen LogP contribution in [0.5, 0.6) is 0 Å². The van der Waals surface area contributed by atoms with E-state index in [1.165, 1.54) is 46.5 Å². The number of nitrogens with zero attached hydrogens (tertiary/aromatic N) is 6. The highest BCUT2D eigenvalue weighted by Gasteiger charge is 2.62. The van der Waals surface area contributed by atoms with Crippen LogP contribution in [0.2, 0.25) is 0 Å². The van der Waals surface area contributed by atoms with Crippen LogP contribution in [0.15, 0.2) is 11.4 Å². The Hall–Kier alpha value is -2.39. The van der Waals surface area contributed by atoms with Crippen LogP contribution in [0, 0.1) is 5.41 Å². The molecule has 4 atom stereocenters. The number of anilines is 1. The van der Waals surface area contributed by atoms with Gasteiger partial charge in [0.05, 0.1) is 10.7 Å². The molecule has 12 nitrogen and oxygen atoms in total. The number of aromatic nitrogens is 5. The zero-order valence-electron chi connectivity index (χ0n) is 15.9. The number of tetrazole rings is 1. The second-order valence-electron chi connectivity index (χ2n) is 6.99. The Bertz CT molecular complexity index is 1010. The number of thioether (sulfide) groups is 2. The summed E-state index contributed by atoms with van der Waals surface area (Å²) in [6.45, 7) is 1.30. The maximum absolute atomic E-state index is 12.9. The Morgan fingerprint density at radius 3 is 2.83 bits per heavy atom. The number of carbonyl (C=O) groups excluding carboxylic acids is 2. The van der Waals surface area contributed by atoms with E-state index >= 15 is 0 Å². The number of carbonyl (C=O) groups is 3. The van der Waals surface area contributed by atoms with Crippen molar-refractivity contribution in [3.05, 3.63) is 11.1 Å². The maximum Gasteiger partial charge on any atom is 0.315 e. The Balaban J connectivity index is 1.63. The minimum Gasteiger partial charge on any atom is -0.481 e. The number of hydrogen-bond acceptors (Lipinski definition) is 11. The number of aliphatic carboxylic acids is 1. The van der Waals surface area contributed by atoms with Crippen LogP contribution in [0.1, 0.15) is 17.7 Å². The van der Waals surface area contributed by atoms with Crippen molar-refractivity contribution in [1.29, 1.82) is 0 Å². The van der Waals surface area contributed by atoms with Gasteiger partial charge >= 0.3 is 5.97 Å². The van der Waals surface area contributed by atoms with Crippen LogP contribution >= 0.6 is 34.9 Å². The van der Waals surface area contributed by atoms with Crippen LogP contribution in [0.3, 0.4) is 0 Å². The van der Waals surface area contributed by atoms with E-state index in [0.717, 1.165) is 4.88 Å². The van der Waals surface area contributed by atoms with Gasteiger partial charge in [-0.15, -0.1) is 28.2 Å². The van der Waals surface area contributed by atoms with Crippen molar-refractivity contribution in [3.8, 4) is 0 Å². The zero-order chi connectivity index (χ0) is 21.6. The lowest BCUT2D eigenvalue weighted by molar-refractivity contribution is -0.157. The molecule has 15 heteroatoms. The van der Waals surface area contributed by atoms with E-state index in [2.05, 4.69) is 25.8 Å². The largest absolute Gasteiger partial charge is 0.481 e. The van der Waals surface area contributed by atoms with Gasteiger partial charge in [0, 0.05) is 37.3 Å². The minimum atomic E-state index is -1.42. The standard InChI is InChI=1S/C15H18N8O4S3/c1-6(24)18-11-15(12(26)27,5-28-14-19-20-21-22(14)2)4-23-9(25)8(10(23)30-11)7-3-17-13(16)29-7/h3,8,10-11H,4-5H2,1-2H3,(H2,16,17)(H,18,24)(H,26,27)/t8?,10-,11?,15?/m1/s1. The molecule has 0 spiro atoms. The molecule has 2 aromatic rings. The Labute approximate surface area is 183 Å². The van der Waals surface area contributed by atoms with E-state index in [-0.39, 0.29) is 29.5 Å². The van der Waals surface area contributed by atoms with Crippen LogP contribution < -0.4 is 11.1 Å². The fourth-order valence-electron chi connectivity index (χ4n) is 3.46. The molecule has 2 fully saturated rings. The third kappa shape index (κ3) is 3.39. The van der Waals surface area contributed by atoms with E-state index in [4.69, 9.17) is 5.73 Å². The van der Waals surface area contributed by atoms with E-state index in [9.17, 15) is 19.5 Å². The van der Waals surface area contributed by atoms with Gasteiger partial charge in [-0.05, 0) is 10.4 Å². The SMILES string of the molecule is CC(=O)NC1S[C@@H]2C(c3cnc(N)s3)C(=O)N2CC1(CSc1nnnn1C)C(=O)O. The predicted octanol–water partition coefficient (Wildman–Crippen LogP) is -0.427. The summed E-state index contributed by atoms with van der Waals surface area (Å²) in [5, 5.41) is 23.9. The number of nitrogens with one attached hydrogen (secondary N) is 1. The van der Waals surface area contributed by atoms with Crippen molar-refractivity contribution >= 4 is 57.8 Å². The number of rotatable bonds is 6. The second-order valence-corrected chi connectivity index (χ2v) is 10.2. The molecule has 0 bridgehead atoms. The van der Waals surface area contributed by atoms with Gasteiger partial charge in [0.2, 0.25) is 17.0 Å². The number of nitrogen functional groups attached to an aromatic ring is 1. The number of carboxylic acids is 1. The fourth-order valence-corrected chi connectivity index (χ4v) is 7.33. The highest BCUT2D eigenvalue weighted by atomic mass is 32.2. The molecule has 2 saturated heterocycles. The number of fused-ring (bicyclic) bond motifs is 1. The summed E-state index contributed by atoms with van der Waals surface area (Å²) in [6, 6.07) is 0. The lowest BCUT2D eigenvalue weighted by atomic mass is 9.84. The molecule has 0 aromatic carbocycles. The average Bonchev–Trinajstić information content (AvgIpc) is 3.28. The van der Waals surface area contributed by atoms with Gasteiger partial charge in [0.1, 0.15) is 11.3 Å². The number of thiazole rings is 1. The molecule has 2 amide bonds. The maximum atomic E-state index is 12.9. The molecule has 30 heavy (non-hydrogen) atoms. The van der Waals surface area contributed by atoms with Crippen LogP contribution in [-0.2, 0) is 21.4 Å². The number of amides is 2. The summed E-state index contributed by atoms with van der Waals surface area (Å²) >= 11 is 3.66. The van der Waals surface area contributed by atoms with E-state index in [0.29, 0.717) is 10.3 Å². The van der Waals surface area contributed by atoms with Crippen LogP contribution in [0.4, 0.5) is 5.13 Å². The molecule has 2 aliphatic rings. The van der Waals surface area contributed by atoms with Crippen molar-refractivity contribution < 1.29 is 19.5 Å². The van der Waals surface area contributed by atoms with Gasteiger partial charge in [-0.3, -0.25) is 14.4 Å². The molecule has 2 aliphatic heterocycles. The van der Waals surface area contributed by atoms with Crippen molar-refractivity contribution in [1.82, 2.24) is 35.4 Å². The quantitative estimate of drug-likeness (QED) is 0.370. The Morgan fingerprint density at radius 2 is 2.27 bits per heavy atom. The molecule has 2 aromatic heterocycles. The monoisotopic (exact) mass is 470 g/mol. The summed E-state index contributed by atoms with van der Waals surface area (Å²) in [6.07, 6.45) is 1.57. The summed E-state index contributed by atoms with van der Waals surface area (Å²) in [5.74, 6) is -2.01. The lowest BCUT2D eigenvalue weighted by Gasteiger charge is -2.56. The van der Waals surface area contributed by atoms with Crippen molar-refractivity contribution in [2.24, 2.45) is 12.5 Å². The topological polar surface area (TPSA) is 169 Å². The predicted molar refractivity (Wildman–Crippen MR) is 110 cm³/mol. The van der Waals surface area contributed by atoms with Crippen molar-refractivity contribution in [2.45, 2.75) is 28.7 Å². The summed E-state index contributed by atoms with van der Waals surface area (Å²) in [7, 11) is 1.65. The first-order valence-corrected chi connectivity index (χ1v) is 11.5. The first-order chi connectivity index (χ1) is 14.2. The fraction of sp³-hybridized carbons (Fsp3) is 0.533. The Kier molecular flexibility index (Phi) is 5.36. The Morgan fingerprint density at radius 1 is 1.50 bits per heavy atom. The van der Waals surface area contributed by atoms with E-state index < -0.39 is 22.7 Å². The van der Waals surface area contributed by atoms with Crippen molar-refractivity contribution in [2.75, 3.05) is 18.0 Å². The van der Waals surface area contributed by atoms with Gasteiger partial charge in [0.25, 0.3) is 0 Å². The second kappa shape index (κ2) is 7.70. The average molecular weight is 471 g/mol. The highest BCUT2D eigenvalue weighted by molar-refractivity contribution is 8.01. The first kappa shape index (κ1) is 20.9. The van der Waals surface area contributed by atoms with Gasteiger partial charge in [-0.2, -0.15) is 0 Å². The van der Waals surface area contributed by atoms with Gasteiger partial charge < -0.3 is 21.1 Å². The normalized spacial score (nSPS) is 28.0. The highest BCUT2D eigenvalue weighted by Crippen LogP contribution is 2.53. The molecule has 0 aliphatic carbocycles. The third-order valence-electron chi connectivity index (χ3n) is 5.02. The smallest absolute Gasteiger partial charge is 0.315 e. The van der Waals surface area contributed by atoms with Gasteiger partial charge in [0.15, 0.2) is 5.13 Å². The summed E-state index contributed by atoms with van der Waals surface area (Å²) in [5.41, 5.74) is 4.28. The van der Waals surface area contributed by atoms with Gasteiger partial charge in [-0.25, -0.2) is 9.67 Å². The molecule has 4 heterocycles. The molecule has 4 N–H and O–H groups in total. The number of hydrogen-bond donors (Lipinski definition) is 3. The van der Waals surface area contributed by atoms with E-state index in [1.54, 1.807) is 18.1 Å². The molecule has 0 saturated carbocycles. The van der Waals surface area contributed by atoms with E-state index in [1.807, 2.05) is 0 Å². The number of aryl methyl sites for hydroxylation is 1. The summed E-state index contributed by atoms with van der Waals surface area (Å²) < 4.78 is 1.44. The minimum absolute atomic E-state index is 0.0349. The molecule has 4 rings (SSSR count). The van der Waals surface area contributed by atoms with Gasteiger partial charge in [-0.1, -0.05) is 11.8 Å².